The smallest absolute Gasteiger partial charge is 0.258 e. The third kappa shape index (κ3) is 6.66. The highest BCUT2D eigenvalue weighted by atomic mass is 32.2. The second-order valence-corrected chi connectivity index (χ2v) is 10.5. The van der Waals surface area contributed by atoms with Crippen molar-refractivity contribution in [1.29, 1.82) is 0 Å². The molecule has 9 nitrogen and oxygen atoms in total. The van der Waals surface area contributed by atoms with Gasteiger partial charge in [0.1, 0.15) is 11.9 Å². The molecule has 1 aliphatic heterocycles. The zero-order valence-corrected chi connectivity index (χ0v) is 20.2. The third-order valence-corrected chi connectivity index (χ3v) is 6.27. The van der Waals surface area contributed by atoms with Crippen LogP contribution in [-0.4, -0.2) is 79.4 Å². The fourth-order valence-corrected chi connectivity index (χ4v) is 4.44. The standard InChI is InChI=1S/C23H32N4O5S/c1-16-12-27(17(2)15-28)23(29)20-11-19(25-33(4,30)31)5-6-21(20)32-22(16)14-26(3)13-18-7-9-24-10-8-18/h5-11,16-17,22,25,28H,12-15H2,1-4H3/t16-,17-,22-/m1/s1. The molecule has 3 atom stereocenters. The van der Waals surface area contributed by atoms with E-state index in [9.17, 15) is 18.3 Å². The van der Waals surface area contributed by atoms with E-state index in [2.05, 4.69) is 14.6 Å². The molecule has 180 valence electrons. The number of hydrogen-bond donors (Lipinski definition) is 2. The summed E-state index contributed by atoms with van der Waals surface area (Å²) in [5.41, 5.74) is 1.68. The van der Waals surface area contributed by atoms with Gasteiger partial charge in [0.05, 0.1) is 24.5 Å². The van der Waals surface area contributed by atoms with Gasteiger partial charge >= 0.3 is 0 Å². The van der Waals surface area contributed by atoms with Crippen LogP contribution in [0.3, 0.4) is 0 Å². The Morgan fingerprint density at radius 2 is 2.00 bits per heavy atom. The molecular weight excluding hydrogens is 444 g/mol. The topological polar surface area (TPSA) is 112 Å². The first kappa shape index (κ1) is 24.9. The summed E-state index contributed by atoms with van der Waals surface area (Å²) < 4.78 is 32.1. The maximum absolute atomic E-state index is 13.4. The zero-order chi connectivity index (χ0) is 24.2. The molecule has 2 heterocycles. The van der Waals surface area contributed by atoms with Crippen molar-refractivity contribution in [3.05, 3.63) is 53.9 Å². The second kappa shape index (κ2) is 10.5. The van der Waals surface area contributed by atoms with Crippen LogP contribution in [0.2, 0.25) is 0 Å². The zero-order valence-electron chi connectivity index (χ0n) is 19.4. The molecule has 0 saturated heterocycles. The van der Waals surface area contributed by atoms with Crippen LogP contribution in [-0.2, 0) is 16.6 Å². The molecule has 1 aromatic carbocycles. The molecule has 2 aromatic rings. The first-order valence-corrected chi connectivity index (χ1v) is 12.7. The molecular formula is C23H32N4O5S. The number of carbonyl (C=O) groups excluding carboxylic acids is 1. The number of sulfonamides is 1. The van der Waals surface area contributed by atoms with Crippen LogP contribution in [0.15, 0.2) is 42.7 Å². The first-order chi connectivity index (χ1) is 15.6. The van der Waals surface area contributed by atoms with E-state index in [0.717, 1.165) is 18.4 Å². The van der Waals surface area contributed by atoms with E-state index < -0.39 is 16.1 Å². The van der Waals surface area contributed by atoms with Gasteiger partial charge in [0.25, 0.3) is 5.91 Å². The molecule has 10 heteroatoms. The van der Waals surface area contributed by atoms with E-state index >= 15 is 0 Å². The highest BCUT2D eigenvalue weighted by Gasteiger charge is 2.33. The summed E-state index contributed by atoms with van der Waals surface area (Å²) in [6.45, 7) is 5.37. The highest BCUT2D eigenvalue weighted by Crippen LogP contribution is 2.31. The van der Waals surface area contributed by atoms with Crippen molar-refractivity contribution >= 4 is 21.6 Å². The van der Waals surface area contributed by atoms with E-state index in [1.54, 1.807) is 36.4 Å². The normalized spacial score (nSPS) is 19.9. The average Bonchev–Trinajstić information content (AvgIpc) is 2.75. The van der Waals surface area contributed by atoms with Crippen molar-refractivity contribution in [3.8, 4) is 5.75 Å². The fraction of sp³-hybridized carbons (Fsp3) is 0.478. The Kier molecular flexibility index (Phi) is 7.93. The number of benzene rings is 1. The van der Waals surface area contributed by atoms with Crippen molar-refractivity contribution < 1.29 is 23.1 Å². The van der Waals surface area contributed by atoms with Gasteiger partial charge in [-0.25, -0.2) is 8.42 Å². The van der Waals surface area contributed by atoms with Crippen LogP contribution >= 0.6 is 0 Å². The molecule has 0 radical (unpaired) electrons. The van der Waals surface area contributed by atoms with Crippen molar-refractivity contribution in [2.24, 2.45) is 5.92 Å². The lowest BCUT2D eigenvalue weighted by Crippen LogP contribution is -2.49. The number of hydrogen-bond acceptors (Lipinski definition) is 7. The predicted molar refractivity (Wildman–Crippen MR) is 127 cm³/mol. The SMILES string of the molecule is C[C@@H]1CN([C@H](C)CO)C(=O)c2cc(NS(C)(=O)=O)ccc2O[C@@H]1CN(C)Cc1ccncc1. The Morgan fingerprint density at radius 3 is 2.64 bits per heavy atom. The van der Waals surface area contributed by atoms with Gasteiger partial charge in [-0.15, -0.1) is 0 Å². The van der Waals surface area contributed by atoms with Gasteiger partial charge in [-0.2, -0.15) is 0 Å². The third-order valence-electron chi connectivity index (χ3n) is 5.66. The Hall–Kier alpha value is -2.69. The molecule has 0 spiro atoms. The molecule has 33 heavy (non-hydrogen) atoms. The number of anilines is 1. The molecule has 1 amide bonds. The molecule has 0 unspecified atom stereocenters. The lowest BCUT2D eigenvalue weighted by atomic mass is 9.99. The second-order valence-electron chi connectivity index (χ2n) is 8.76. The van der Waals surface area contributed by atoms with Crippen LogP contribution in [0, 0.1) is 5.92 Å². The number of nitrogens with zero attached hydrogens (tertiary/aromatic N) is 3. The van der Waals surface area contributed by atoms with Gasteiger partial charge in [0, 0.05) is 43.6 Å². The summed E-state index contributed by atoms with van der Waals surface area (Å²) in [6, 6.07) is 8.23. The monoisotopic (exact) mass is 476 g/mol. The minimum atomic E-state index is -3.50. The Balaban J connectivity index is 1.91. The van der Waals surface area contributed by atoms with Crippen molar-refractivity contribution in [2.75, 3.05) is 37.7 Å². The van der Waals surface area contributed by atoms with E-state index in [4.69, 9.17) is 4.74 Å². The molecule has 0 aliphatic carbocycles. The number of fused-ring (bicyclic) bond motifs is 1. The summed E-state index contributed by atoms with van der Waals surface area (Å²) in [7, 11) is -1.50. The van der Waals surface area contributed by atoms with Crippen LogP contribution in [0.25, 0.3) is 0 Å². The fourth-order valence-electron chi connectivity index (χ4n) is 3.89. The summed E-state index contributed by atoms with van der Waals surface area (Å²) in [5.74, 6) is 0.0759. The number of aromatic nitrogens is 1. The van der Waals surface area contributed by atoms with Crippen LogP contribution in [0.1, 0.15) is 29.8 Å². The van der Waals surface area contributed by atoms with Crippen LogP contribution in [0.5, 0.6) is 5.75 Å². The van der Waals surface area contributed by atoms with Crippen molar-refractivity contribution in [1.82, 2.24) is 14.8 Å². The van der Waals surface area contributed by atoms with Gasteiger partial charge in [-0.3, -0.25) is 19.4 Å². The molecule has 1 aliphatic rings. The van der Waals surface area contributed by atoms with Crippen LogP contribution < -0.4 is 9.46 Å². The summed E-state index contributed by atoms with van der Waals surface area (Å²) in [5, 5.41) is 9.75. The van der Waals surface area contributed by atoms with Gasteiger partial charge in [-0.1, -0.05) is 6.92 Å². The number of ether oxygens (including phenoxy) is 1. The Morgan fingerprint density at radius 1 is 1.30 bits per heavy atom. The number of nitrogens with one attached hydrogen (secondary N) is 1. The van der Waals surface area contributed by atoms with Gasteiger partial charge in [-0.05, 0) is 49.9 Å². The quantitative estimate of drug-likeness (QED) is 0.598. The Labute approximate surface area is 195 Å². The van der Waals surface area contributed by atoms with E-state index in [-0.39, 0.29) is 35.8 Å². The number of likely N-dealkylation sites (N-methyl/N-ethyl adjacent to an activating group) is 1. The first-order valence-electron chi connectivity index (χ1n) is 10.8. The van der Waals surface area contributed by atoms with E-state index in [0.29, 0.717) is 18.8 Å². The molecule has 1 aromatic heterocycles. The summed E-state index contributed by atoms with van der Waals surface area (Å²) in [6.07, 6.45) is 4.34. The molecule has 3 rings (SSSR count). The minimum absolute atomic E-state index is 0.00943. The number of rotatable bonds is 8. The lowest BCUT2D eigenvalue weighted by Gasteiger charge is -2.38. The molecule has 0 fully saturated rings. The number of amides is 1. The molecule has 2 N–H and O–H groups in total. The molecule has 0 bridgehead atoms. The Bertz CT molecular complexity index is 1060. The van der Waals surface area contributed by atoms with E-state index in [1.807, 2.05) is 26.1 Å². The maximum Gasteiger partial charge on any atom is 0.258 e. The average molecular weight is 477 g/mol. The summed E-state index contributed by atoms with van der Waals surface area (Å²) >= 11 is 0. The summed E-state index contributed by atoms with van der Waals surface area (Å²) in [4.78, 5) is 21.2. The van der Waals surface area contributed by atoms with Crippen molar-refractivity contribution in [2.45, 2.75) is 32.5 Å². The minimum Gasteiger partial charge on any atom is -0.488 e. The van der Waals surface area contributed by atoms with Gasteiger partial charge in [0.2, 0.25) is 10.0 Å². The van der Waals surface area contributed by atoms with Gasteiger partial charge in [0.15, 0.2) is 0 Å². The number of aliphatic hydroxyl groups excluding tert-OH is 1. The predicted octanol–water partition coefficient (Wildman–Crippen LogP) is 1.81. The van der Waals surface area contributed by atoms with Crippen molar-refractivity contribution in [3.63, 3.8) is 0 Å². The number of aliphatic hydroxyl groups is 1. The lowest BCUT2D eigenvalue weighted by molar-refractivity contribution is 0.0341. The molecule has 0 saturated carbocycles. The maximum atomic E-state index is 13.4. The number of pyridine rings is 1. The largest absolute Gasteiger partial charge is 0.488 e. The van der Waals surface area contributed by atoms with Crippen LogP contribution in [0.4, 0.5) is 5.69 Å². The van der Waals surface area contributed by atoms with Gasteiger partial charge < -0.3 is 14.7 Å². The number of carbonyl (C=O) groups is 1. The van der Waals surface area contributed by atoms with E-state index in [1.165, 1.54) is 6.07 Å². The highest BCUT2D eigenvalue weighted by molar-refractivity contribution is 7.92.